The van der Waals surface area contributed by atoms with Crippen LogP contribution in [0.1, 0.15) is 22.3 Å². The first-order valence-electron chi connectivity index (χ1n) is 9.83. The molecule has 1 aliphatic heterocycles. The van der Waals surface area contributed by atoms with Gasteiger partial charge in [0, 0.05) is 41.1 Å². The standard InChI is InChI=1S/C24H23N3O2S/c1-16-17(24(29)25-2)8-7-9-18(16)26-23(28)14-15-27-19-10-3-5-12-21(19)30-22-13-6-4-11-20(22)27/h3-13H,14-15H2,1-2H3,(H,25,29)(H,26,28). The molecule has 0 atom stereocenters. The zero-order valence-electron chi connectivity index (χ0n) is 16.9. The number of carbonyl (C=O) groups is 2. The van der Waals surface area contributed by atoms with Gasteiger partial charge < -0.3 is 15.5 Å². The van der Waals surface area contributed by atoms with E-state index in [2.05, 4.69) is 39.8 Å². The van der Waals surface area contributed by atoms with Crippen LogP contribution in [0.3, 0.4) is 0 Å². The Kier molecular flexibility index (Phi) is 5.77. The van der Waals surface area contributed by atoms with Crippen molar-refractivity contribution in [1.29, 1.82) is 0 Å². The lowest BCUT2D eigenvalue weighted by Gasteiger charge is -2.32. The van der Waals surface area contributed by atoms with Crippen LogP contribution >= 0.6 is 11.8 Å². The summed E-state index contributed by atoms with van der Waals surface area (Å²) in [5, 5.41) is 5.60. The van der Waals surface area contributed by atoms with Gasteiger partial charge in [0.15, 0.2) is 0 Å². The number of para-hydroxylation sites is 2. The minimum Gasteiger partial charge on any atom is -0.355 e. The third-order valence-corrected chi connectivity index (χ3v) is 6.30. The molecule has 30 heavy (non-hydrogen) atoms. The number of anilines is 3. The lowest BCUT2D eigenvalue weighted by molar-refractivity contribution is -0.116. The maximum absolute atomic E-state index is 12.7. The number of carbonyl (C=O) groups excluding carboxylic acids is 2. The number of nitrogens with zero attached hydrogens (tertiary/aromatic N) is 1. The molecule has 0 aromatic heterocycles. The number of hydrogen-bond acceptors (Lipinski definition) is 4. The van der Waals surface area contributed by atoms with Gasteiger partial charge in [-0.15, -0.1) is 0 Å². The molecule has 3 aromatic carbocycles. The van der Waals surface area contributed by atoms with Crippen LogP contribution in [0, 0.1) is 6.92 Å². The molecule has 1 heterocycles. The largest absolute Gasteiger partial charge is 0.355 e. The summed E-state index contributed by atoms with van der Waals surface area (Å²) in [6.45, 7) is 2.41. The third-order valence-electron chi connectivity index (χ3n) is 5.17. The maximum Gasteiger partial charge on any atom is 0.251 e. The van der Waals surface area contributed by atoms with Gasteiger partial charge in [0.25, 0.3) is 5.91 Å². The van der Waals surface area contributed by atoms with Crippen LogP contribution in [-0.4, -0.2) is 25.4 Å². The molecule has 1 aliphatic rings. The smallest absolute Gasteiger partial charge is 0.251 e. The van der Waals surface area contributed by atoms with E-state index in [1.54, 1.807) is 30.9 Å². The van der Waals surface area contributed by atoms with Gasteiger partial charge in [-0.2, -0.15) is 0 Å². The van der Waals surface area contributed by atoms with Crippen LogP contribution < -0.4 is 15.5 Å². The summed E-state index contributed by atoms with van der Waals surface area (Å²) in [4.78, 5) is 29.3. The van der Waals surface area contributed by atoms with Crippen molar-refractivity contribution in [3.05, 3.63) is 77.9 Å². The lowest BCUT2D eigenvalue weighted by atomic mass is 10.1. The van der Waals surface area contributed by atoms with Crippen LogP contribution in [0.2, 0.25) is 0 Å². The quantitative estimate of drug-likeness (QED) is 0.614. The number of amides is 2. The van der Waals surface area contributed by atoms with Crippen LogP contribution in [0.25, 0.3) is 0 Å². The summed E-state index contributed by atoms with van der Waals surface area (Å²) in [5.74, 6) is -0.247. The zero-order valence-corrected chi connectivity index (χ0v) is 17.8. The van der Waals surface area contributed by atoms with Gasteiger partial charge in [-0.05, 0) is 48.9 Å². The molecule has 2 N–H and O–H groups in total. The normalized spacial score (nSPS) is 12.0. The van der Waals surface area contributed by atoms with Crippen molar-refractivity contribution in [1.82, 2.24) is 5.32 Å². The molecule has 0 radical (unpaired) electrons. The van der Waals surface area contributed by atoms with Crippen molar-refractivity contribution in [2.45, 2.75) is 23.1 Å². The first kappa shape index (κ1) is 20.0. The number of fused-ring (bicyclic) bond motifs is 2. The SMILES string of the molecule is CNC(=O)c1cccc(NC(=O)CCN2c3ccccc3Sc3ccccc32)c1C. The fourth-order valence-corrected chi connectivity index (χ4v) is 4.70. The van der Waals surface area contributed by atoms with Crippen molar-refractivity contribution < 1.29 is 9.59 Å². The average Bonchev–Trinajstić information content (AvgIpc) is 2.77. The molecule has 6 heteroatoms. The summed E-state index contributed by atoms with van der Waals surface area (Å²) in [6, 6.07) is 21.9. The summed E-state index contributed by atoms with van der Waals surface area (Å²) in [5.41, 5.74) is 4.22. The monoisotopic (exact) mass is 417 g/mol. The molecule has 0 fully saturated rings. The fourth-order valence-electron chi connectivity index (χ4n) is 3.60. The van der Waals surface area contributed by atoms with Gasteiger partial charge in [0.2, 0.25) is 5.91 Å². The molecule has 152 valence electrons. The van der Waals surface area contributed by atoms with E-state index >= 15 is 0 Å². The molecule has 0 bridgehead atoms. The average molecular weight is 418 g/mol. The minimum atomic E-state index is -0.164. The molecule has 0 unspecified atom stereocenters. The molecule has 2 amide bonds. The number of hydrogen-bond donors (Lipinski definition) is 2. The summed E-state index contributed by atoms with van der Waals surface area (Å²) in [6.07, 6.45) is 0.330. The number of rotatable bonds is 5. The topological polar surface area (TPSA) is 61.4 Å². The highest BCUT2D eigenvalue weighted by molar-refractivity contribution is 7.99. The molecular formula is C24H23N3O2S. The van der Waals surface area contributed by atoms with E-state index in [1.807, 2.05) is 37.3 Å². The molecule has 5 nitrogen and oxygen atoms in total. The predicted molar refractivity (Wildman–Crippen MR) is 122 cm³/mol. The number of nitrogens with one attached hydrogen (secondary N) is 2. The Labute approximate surface area is 180 Å². The highest BCUT2D eigenvalue weighted by Crippen LogP contribution is 2.47. The summed E-state index contributed by atoms with van der Waals surface area (Å²) < 4.78 is 0. The van der Waals surface area contributed by atoms with Crippen molar-refractivity contribution >= 4 is 40.6 Å². The Morgan fingerprint density at radius 3 is 2.17 bits per heavy atom. The second kappa shape index (κ2) is 8.63. The Bertz CT molecular complexity index is 1070. The summed E-state index contributed by atoms with van der Waals surface area (Å²) >= 11 is 1.75. The van der Waals surface area contributed by atoms with Crippen LogP contribution in [0.15, 0.2) is 76.5 Å². The number of benzene rings is 3. The predicted octanol–water partition coefficient (Wildman–Crippen LogP) is 4.99. The van der Waals surface area contributed by atoms with E-state index in [0.717, 1.165) is 16.9 Å². The Hall–Kier alpha value is -3.25. The van der Waals surface area contributed by atoms with Gasteiger partial charge in [-0.3, -0.25) is 9.59 Å². The molecule has 0 saturated carbocycles. The Morgan fingerprint density at radius 1 is 0.900 bits per heavy atom. The van der Waals surface area contributed by atoms with E-state index in [9.17, 15) is 9.59 Å². The van der Waals surface area contributed by atoms with Crippen molar-refractivity contribution in [3.8, 4) is 0 Å². The third kappa shape index (κ3) is 3.91. The zero-order chi connectivity index (χ0) is 21.1. The lowest BCUT2D eigenvalue weighted by Crippen LogP contribution is -2.26. The van der Waals surface area contributed by atoms with Crippen molar-refractivity contribution in [2.24, 2.45) is 0 Å². The van der Waals surface area contributed by atoms with Crippen LogP contribution in [0.4, 0.5) is 17.1 Å². The molecular weight excluding hydrogens is 394 g/mol. The fraction of sp³-hybridized carbons (Fsp3) is 0.167. The van der Waals surface area contributed by atoms with Gasteiger partial charge >= 0.3 is 0 Å². The molecule has 0 spiro atoms. The van der Waals surface area contributed by atoms with Gasteiger partial charge in [0.05, 0.1) is 11.4 Å². The molecule has 0 saturated heterocycles. The van der Waals surface area contributed by atoms with Crippen LogP contribution in [0.5, 0.6) is 0 Å². The first-order chi connectivity index (χ1) is 14.6. The summed E-state index contributed by atoms with van der Waals surface area (Å²) in [7, 11) is 1.60. The Morgan fingerprint density at radius 2 is 1.53 bits per heavy atom. The second-order valence-electron chi connectivity index (χ2n) is 7.04. The maximum atomic E-state index is 12.7. The van der Waals surface area contributed by atoms with Gasteiger partial charge in [-0.25, -0.2) is 0 Å². The second-order valence-corrected chi connectivity index (χ2v) is 8.13. The first-order valence-corrected chi connectivity index (χ1v) is 10.6. The minimum absolute atomic E-state index is 0.0830. The van der Waals surface area contributed by atoms with Crippen molar-refractivity contribution in [3.63, 3.8) is 0 Å². The van der Waals surface area contributed by atoms with E-state index in [0.29, 0.717) is 24.2 Å². The van der Waals surface area contributed by atoms with E-state index in [4.69, 9.17) is 0 Å². The Balaban J connectivity index is 1.51. The van der Waals surface area contributed by atoms with E-state index in [-0.39, 0.29) is 11.8 Å². The molecule has 0 aliphatic carbocycles. The highest BCUT2D eigenvalue weighted by atomic mass is 32.2. The van der Waals surface area contributed by atoms with Gasteiger partial charge in [0.1, 0.15) is 0 Å². The van der Waals surface area contributed by atoms with Crippen LogP contribution in [-0.2, 0) is 4.79 Å². The van der Waals surface area contributed by atoms with Crippen molar-refractivity contribution in [2.75, 3.05) is 23.8 Å². The highest BCUT2D eigenvalue weighted by Gasteiger charge is 2.23. The van der Waals surface area contributed by atoms with E-state index in [1.165, 1.54) is 9.79 Å². The molecule has 3 aromatic rings. The van der Waals surface area contributed by atoms with E-state index < -0.39 is 0 Å². The molecule has 4 rings (SSSR count). The van der Waals surface area contributed by atoms with Gasteiger partial charge in [-0.1, -0.05) is 42.1 Å².